The third kappa shape index (κ3) is 3.90. The summed E-state index contributed by atoms with van der Waals surface area (Å²) in [6.45, 7) is 7.40. The molecule has 32 heavy (non-hydrogen) atoms. The minimum Gasteiger partial charge on any atom is -0.350 e. The van der Waals surface area contributed by atoms with Gasteiger partial charge in [-0.2, -0.15) is 0 Å². The maximum absolute atomic E-state index is 13.9. The maximum atomic E-state index is 13.9. The molecule has 0 radical (unpaired) electrons. The van der Waals surface area contributed by atoms with E-state index >= 15 is 0 Å². The van der Waals surface area contributed by atoms with Crippen molar-refractivity contribution in [1.82, 2.24) is 10.2 Å². The van der Waals surface area contributed by atoms with Crippen LogP contribution >= 0.6 is 0 Å². The van der Waals surface area contributed by atoms with Gasteiger partial charge >= 0.3 is 0 Å². The highest BCUT2D eigenvalue weighted by atomic mass is 16.2. The van der Waals surface area contributed by atoms with E-state index in [9.17, 15) is 4.79 Å². The molecule has 4 bridgehead atoms. The van der Waals surface area contributed by atoms with Crippen molar-refractivity contribution in [1.29, 1.82) is 0 Å². The normalized spacial score (nSPS) is 31.1. The number of rotatable bonds is 7. The quantitative estimate of drug-likeness (QED) is 0.711. The number of benzene rings is 2. The van der Waals surface area contributed by atoms with Crippen LogP contribution in [0.5, 0.6) is 0 Å². The van der Waals surface area contributed by atoms with Gasteiger partial charge in [0.25, 0.3) is 0 Å². The molecular weight excluding hydrogens is 394 g/mol. The van der Waals surface area contributed by atoms with Crippen molar-refractivity contribution in [2.75, 3.05) is 13.1 Å². The van der Waals surface area contributed by atoms with Crippen molar-refractivity contribution < 1.29 is 4.79 Å². The second-order valence-corrected chi connectivity index (χ2v) is 10.4. The van der Waals surface area contributed by atoms with Gasteiger partial charge in [0.05, 0.1) is 0 Å². The Morgan fingerprint density at radius 3 is 2.47 bits per heavy atom. The second kappa shape index (κ2) is 8.82. The molecule has 6 rings (SSSR count). The Kier molecular flexibility index (Phi) is 5.90. The molecule has 168 valence electrons. The van der Waals surface area contributed by atoms with Gasteiger partial charge in [-0.1, -0.05) is 74.5 Å². The lowest BCUT2D eigenvalue weighted by atomic mass is 9.55. The number of likely N-dealkylation sites (tertiary alicyclic amines) is 1. The molecule has 0 spiro atoms. The fourth-order valence-corrected chi connectivity index (χ4v) is 6.46. The average molecular weight is 430 g/mol. The molecule has 4 aliphatic rings. The smallest absolute Gasteiger partial charge is 0.248 e. The van der Waals surface area contributed by atoms with Crippen LogP contribution < -0.4 is 5.32 Å². The highest BCUT2D eigenvalue weighted by Gasteiger charge is 2.61. The zero-order valence-electron chi connectivity index (χ0n) is 19.3. The van der Waals surface area contributed by atoms with E-state index in [0.717, 1.165) is 31.5 Å². The van der Waals surface area contributed by atoms with Gasteiger partial charge in [0.2, 0.25) is 5.91 Å². The molecular formula is C28H35N3O. The van der Waals surface area contributed by atoms with E-state index in [0.29, 0.717) is 30.3 Å². The Morgan fingerprint density at radius 2 is 1.78 bits per heavy atom. The first-order valence-electron chi connectivity index (χ1n) is 12.2. The highest BCUT2D eigenvalue weighted by molar-refractivity contribution is 5.91. The van der Waals surface area contributed by atoms with Gasteiger partial charge in [0, 0.05) is 37.2 Å². The van der Waals surface area contributed by atoms with Crippen LogP contribution in [0, 0.1) is 23.7 Å². The average Bonchev–Trinajstić information content (AvgIpc) is 2.82. The predicted molar refractivity (Wildman–Crippen MR) is 130 cm³/mol. The first-order valence-corrected chi connectivity index (χ1v) is 12.2. The number of carbonyl (C=O) groups excluding carboxylic acids is 1. The topological polar surface area (TPSA) is 44.7 Å². The van der Waals surface area contributed by atoms with Gasteiger partial charge in [-0.3, -0.25) is 14.7 Å². The fourth-order valence-electron chi connectivity index (χ4n) is 6.46. The molecule has 1 unspecified atom stereocenters. The monoisotopic (exact) mass is 429 g/mol. The standard InChI is InChI=1S/C28H35N3O/c1-20(2)19-31-14-13-23-16-28(27(32)29-17-22-11-7-4-8-12-22)25(26(31)24(23)18-30-28)15-21-9-5-3-6-10-21/h3-12,18,20,23-26H,13-17,19H2,1-2H3,(H,29,32)/t23-,24+,25+,26-,28?/m0/s1. The summed E-state index contributed by atoms with van der Waals surface area (Å²) < 4.78 is 0. The van der Waals surface area contributed by atoms with Crippen LogP contribution in [-0.4, -0.2) is 41.7 Å². The van der Waals surface area contributed by atoms with E-state index in [1.54, 1.807) is 0 Å². The number of carbonyl (C=O) groups is 1. The summed E-state index contributed by atoms with van der Waals surface area (Å²) in [5.74, 6) is 1.96. The molecule has 2 fully saturated rings. The van der Waals surface area contributed by atoms with Gasteiger partial charge in [0.15, 0.2) is 0 Å². The van der Waals surface area contributed by atoms with E-state index in [1.165, 1.54) is 12.0 Å². The molecule has 1 saturated carbocycles. The van der Waals surface area contributed by atoms with Crippen LogP contribution in [0.2, 0.25) is 0 Å². The molecule has 1 saturated heterocycles. The van der Waals surface area contributed by atoms with Crippen molar-refractivity contribution in [3.8, 4) is 0 Å². The molecule has 0 aromatic heterocycles. The molecule has 4 heteroatoms. The van der Waals surface area contributed by atoms with Crippen molar-refractivity contribution in [3.63, 3.8) is 0 Å². The van der Waals surface area contributed by atoms with E-state index in [1.807, 2.05) is 18.2 Å². The van der Waals surface area contributed by atoms with Crippen molar-refractivity contribution in [3.05, 3.63) is 71.8 Å². The maximum Gasteiger partial charge on any atom is 0.248 e. The first-order chi connectivity index (χ1) is 15.6. The number of nitrogens with zero attached hydrogens (tertiary/aromatic N) is 2. The number of amides is 1. The minimum atomic E-state index is -0.662. The van der Waals surface area contributed by atoms with Gasteiger partial charge in [-0.25, -0.2) is 0 Å². The second-order valence-electron chi connectivity index (χ2n) is 10.4. The first kappa shape index (κ1) is 21.4. The van der Waals surface area contributed by atoms with Crippen LogP contribution in [-0.2, 0) is 17.8 Å². The Labute approximate surface area is 192 Å². The lowest BCUT2D eigenvalue weighted by Crippen LogP contribution is -2.70. The van der Waals surface area contributed by atoms with Crippen molar-refractivity contribution in [2.24, 2.45) is 28.7 Å². The van der Waals surface area contributed by atoms with Crippen molar-refractivity contribution >= 4 is 12.1 Å². The number of nitrogens with one attached hydrogen (secondary N) is 1. The van der Waals surface area contributed by atoms with Gasteiger partial charge < -0.3 is 5.32 Å². The minimum absolute atomic E-state index is 0.109. The van der Waals surface area contributed by atoms with Crippen LogP contribution in [0.1, 0.15) is 37.8 Å². The Balaban J connectivity index is 1.47. The SMILES string of the molecule is CC(C)CN1CC[C@H]2CC3(C(=O)NCc4ccccc4)N=C[C@H]2[C@H]1[C@H]3Cc1ccccc1. The third-order valence-corrected chi connectivity index (χ3v) is 7.81. The van der Waals surface area contributed by atoms with Crippen LogP contribution in [0.4, 0.5) is 0 Å². The Morgan fingerprint density at radius 1 is 1.09 bits per heavy atom. The van der Waals surface area contributed by atoms with Crippen molar-refractivity contribution in [2.45, 2.75) is 51.2 Å². The molecule has 1 amide bonds. The highest BCUT2D eigenvalue weighted by Crippen LogP contribution is 2.53. The van der Waals surface area contributed by atoms with E-state index in [2.05, 4.69) is 72.7 Å². The van der Waals surface area contributed by atoms with Crippen LogP contribution in [0.25, 0.3) is 0 Å². The van der Waals surface area contributed by atoms with Gasteiger partial charge in [0.1, 0.15) is 5.54 Å². The molecule has 1 aliphatic carbocycles. The largest absolute Gasteiger partial charge is 0.350 e. The lowest BCUT2D eigenvalue weighted by molar-refractivity contribution is -0.138. The summed E-state index contributed by atoms with van der Waals surface area (Å²) >= 11 is 0. The number of aliphatic imine (C=N–C) groups is 1. The summed E-state index contributed by atoms with van der Waals surface area (Å²) in [7, 11) is 0. The van der Waals surface area contributed by atoms with Crippen LogP contribution in [0.15, 0.2) is 65.7 Å². The zero-order valence-corrected chi connectivity index (χ0v) is 19.3. The summed E-state index contributed by atoms with van der Waals surface area (Å²) in [5, 5.41) is 3.27. The summed E-state index contributed by atoms with van der Waals surface area (Å²) in [4.78, 5) is 21.6. The van der Waals surface area contributed by atoms with E-state index in [4.69, 9.17) is 4.99 Å². The number of hydrogen-bond acceptors (Lipinski definition) is 3. The lowest BCUT2D eigenvalue weighted by Gasteiger charge is -2.60. The molecule has 5 atom stereocenters. The number of piperidine rings is 1. The Bertz CT molecular complexity index is 957. The summed E-state index contributed by atoms with van der Waals surface area (Å²) in [6.07, 6.45) is 5.12. The molecule has 3 aliphatic heterocycles. The number of hydrogen-bond donors (Lipinski definition) is 1. The van der Waals surface area contributed by atoms with Gasteiger partial charge in [-0.05, 0) is 48.8 Å². The zero-order chi connectivity index (χ0) is 22.1. The molecule has 2 aromatic rings. The summed E-state index contributed by atoms with van der Waals surface area (Å²) in [5.41, 5.74) is 1.78. The van der Waals surface area contributed by atoms with E-state index < -0.39 is 5.54 Å². The molecule has 4 nitrogen and oxygen atoms in total. The molecule has 2 aromatic carbocycles. The fraction of sp³-hybridized carbons (Fsp3) is 0.500. The predicted octanol–water partition coefficient (Wildman–Crippen LogP) is 4.35. The summed E-state index contributed by atoms with van der Waals surface area (Å²) in [6, 6.07) is 21.3. The molecule has 3 heterocycles. The third-order valence-electron chi connectivity index (χ3n) is 7.81. The van der Waals surface area contributed by atoms with Crippen LogP contribution in [0.3, 0.4) is 0 Å². The Hall–Kier alpha value is -2.46. The molecule has 1 N–H and O–H groups in total. The van der Waals surface area contributed by atoms with E-state index in [-0.39, 0.29) is 11.8 Å². The van der Waals surface area contributed by atoms with Gasteiger partial charge in [-0.15, -0.1) is 0 Å².